The molecule has 3 aromatic rings. The second-order valence-corrected chi connectivity index (χ2v) is 6.38. The molecule has 0 bridgehead atoms. The summed E-state index contributed by atoms with van der Waals surface area (Å²) in [6.45, 7) is 2.06. The minimum Gasteiger partial charge on any atom is -0.355 e. The fourth-order valence-corrected chi connectivity index (χ4v) is 3.30. The van der Waals surface area contributed by atoms with Crippen LogP contribution in [0.4, 0.5) is 5.82 Å². The van der Waals surface area contributed by atoms with Crippen LogP contribution in [0.2, 0.25) is 5.02 Å². The maximum absolute atomic E-state index is 6.03. The van der Waals surface area contributed by atoms with E-state index in [1.54, 1.807) is 12.5 Å². The molecule has 0 aliphatic carbocycles. The highest BCUT2D eigenvalue weighted by atomic mass is 35.5. The Bertz CT molecular complexity index is 807. The summed E-state index contributed by atoms with van der Waals surface area (Å²) in [4.78, 5) is 10.8. The molecule has 1 N–H and O–H groups in total. The fraction of sp³-hybridized carbons (Fsp3) is 0.278. The molecule has 1 aromatic carbocycles. The number of nitrogens with one attached hydrogen (secondary N) is 1. The van der Waals surface area contributed by atoms with E-state index in [1.165, 1.54) is 19.3 Å². The molecule has 24 heavy (non-hydrogen) atoms. The molecule has 1 saturated heterocycles. The normalized spacial score (nSPS) is 14.8. The van der Waals surface area contributed by atoms with E-state index in [-0.39, 0.29) is 0 Å². The Kier molecular flexibility index (Phi) is 4.17. The van der Waals surface area contributed by atoms with Crippen molar-refractivity contribution in [2.45, 2.75) is 19.3 Å². The molecule has 2 aromatic heterocycles. The molecule has 1 aliphatic rings. The quantitative estimate of drug-likeness (QED) is 0.777. The lowest BCUT2D eigenvalue weighted by molar-refractivity contribution is 0.573. The summed E-state index contributed by atoms with van der Waals surface area (Å²) in [5, 5.41) is 8.55. The SMILES string of the molecule is Clc1ccc(-c2[nH]nc(N3CCCCC3)c2-c2ccncn2)cc1. The van der Waals surface area contributed by atoms with Gasteiger partial charge in [-0.1, -0.05) is 23.7 Å². The van der Waals surface area contributed by atoms with E-state index in [1.807, 2.05) is 30.3 Å². The van der Waals surface area contributed by atoms with Gasteiger partial charge in [-0.25, -0.2) is 9.97 Å². The van der Waals surface area contributed by atoms with Crippen LogP contribution in [0.15, 0.2) is 42.9 Å². The van der Waals surface area contributed by atoms with Gasteiger partial charge in [-0.2, -0.15) is 5.10 Å². The van der Waals surface area contributed by atoms with Crippen LogP contribution in [-0.2, 0) is 0 Å². The standard InChI is InChI=1S/C18H18ClN5/c19-14-6-4-13(5-7-14)17-16(15-8-9-20-12-21-15)18(23-22-17)24-10-2-1-3-11-24/h4-9,12H,1-3,10-11H2,(H,22,23). The van der Waals surface area contributed by atoms with Gasteiger partial charge >= 0.3 is 0 Å². The van der Waals surface area contributed by atoms with Gasteiger partial charge in [0.05, 0.1) is 17.0 Å². The van der Waals surface area contributed by atoms with Gasteiger partial charge in [0.1, 0.15) is 6.33 Å². The van der Waals surface area contributed by atoms with Crippen molar-refractivity contribution in [2.24, 2.45) is 0 Å². The van der Waals surface area contributed by atoms with Gasteiger partial charge in [-0.15, -0.1) is 0 Å². The first kappa shape index (κ1) is 15.1. The van der Waals surface area contributed by atoms with Crippen LogP contribution in [-0.4, -0.2) is 33.3 Å². The first-order chi connectivity index (χ1) is 11.8. The van der Waals surface area contributed by atoms with Crippen LogP contribution in [0.25, 0.3) is 22.5 Å². The van der Waals surface area contributed by atoms with E-state index in [0.29, 0.717) is 0 Å². The molecule has 5 nitrogen and oxygen atoms in total. The highest BCUT2D eigenvalue weighted by Crippen LogP contribution is 2.37. The zero-order valence-electron chi connectivity index (χ0n) is 13.2. The largest absolute Gasteiger partial charge is 0.355 e. The van der Waals surface area contributed by atoms with E-state index in [4.69, 9.17) is 11.6 Å². The molecule has 0 saturated carbocycles. The molecule has 4 rings (SSSR count). The Morgan fingerprint density at radius 3 is 2.50 bits per heavy atom. The summed E-state index contributed by atoms with van der Waals surface area (Å²) in [6.07, 6.45) is 7.03. The van der Waals surface area contributed by atoms with Crippen molar-refractivity contribution in [3.05, 3.63) is 47.9 Å². The number of hydrogen-bond acceptors (Lipinski definition) is 4. The minimum absolute atomic E-state index is 0.720. The molecule has 6 heteroatoms. The third-order valence-corrected chi connectivity index (χ3v) is 4.63. The molecule has 122 valence electrons. The third kappa shape index (κ3) is 2.87. The lowest BCUT2D eigenvalue weighted by Gasteiger charge is -2.27. The first-order valence-corrected chi connectivity index (χ1v) is 8.56. The highest BCUT2D eigenvalue weighted by molar-refractivity contribution is 6.30. The Morgan fingerprint density at radius 2 is 1.79 bits per heavy atom. The van der Waals surface area contributed by atoms with Crippen molar-refractivity contribution in [1.29, 1.82) is 0 Å². The summed E-state index contributed by atoms with van der Waals surface area (Å²) in [7, 11) is 0. The van der Waals surface area contributed by atoms with Crippen LogP contribution < -0.4 is 4.90 Å². The van der Waals surface area contributed by atoms with Crippen LogP contribution >= 0.6 is 11.6 Å². The van der Waals surface area contributed by atoms with Crippen molar-refractivity contribution in [3.63, 3.8) is 0 Å². The summed E-state index contributed by atoms with van der Waals surface area (Å²) >= 11 is 6.03. The minimum atomic E-state index is 0.720. The van der Waals surface area contributed by atoms with Crippen molar-refractivity contribution >= 4 is 17.4 Å². The van der Waals surface area contributed by atoms with Crippen molar-refractivity contribution in [2.75, 3.05) is 18.0 Å². The molecule has 0 radical (unpaired) electrons. The van der Waals surface area contributed by atoms with E-state index in [9.17, 15) is 0 Å². The van der Waals surface area contributed by atoms with Gasteiger partial charge in [-0.05, 0) is 37.5 Å². The number of rotatable bonds is 3. The van der Waals surface area contributed by atoms with Gasteiger partial charge in [0, 0.05) is 29.9 Å². The predicted octanol–water partition coefficient (Wildman–Crippen LogP) is 4.18. The molecular formula is C18H18ClN5. The van der Waals surface area contributed by atoms with E-state index in [2.05, 4.69) is 25.1 Å². The van der Waals surface area contributed by atoms with Crippen LogP contribution in [0.1, 0.15) is 19.3 Å². The second kappa shape index (κ2) is 6.61. The van der Waals surface area contributed by atoms with E-state index < -0.39 is 0 Å². The molecule has 1 fully saturated rings. The average Bonchev–Trinajstić information content (AvgIpc) is 3.09. The number of aromatic amines is 1. The summed E-state index contributed by atoms with van der Waals surface area (Å²) < 4.78 is 0. The molecule has 0 spiro atoms. The first-order valence-electron chi connectivity index (χ1n) is 8.18. The maximum Gasteiger partial charge on any atom is 0.160 e. The monoisotopic (exact) mass is 339 g/mol. The second-order valence-electron chi connectivity index (χ2n) is 5.95. The summed E-state index contributed by atoms with van der Waals surface area (Å²) in [5.41, 5.74) is 3.92. The average molecular weight is 340 g/mol. The number of aromatic nitrogens is 4. The van der Waals surface area contributed by atoms with Gasteiger partial charge in [0.25, 0.3) is 0 Å². The number of halogens is 1. The Morgan fingerprint density at radius 1 is 1.00 bits per heavy atom. The topological polar surface area (TPSA) is 57.7 Å². The van der Waals surface area contributed by atoms with E-state index >= 15 is 0 Å². The number of H-pyrrole nitrogens is 1. The molecule has 0 unspecified atom stereocenters. The summed E-state index contributed by atoms with van der Waals surface area (Å²) in [5.74, 6) is 0.971. The molecule has 3 heterocycles. The van der Waals surface area contributed by atoms with Crippen molar-refractivity contribution in [1.82, 2.24) is 20.2 Å². The fourth-order valence-electron chi connectivity index (χ4n) is 3.17. The van der Waals surface area contributed by atoms with Crippen LogP contribution in [0, 0.1) is 0 Å². The Labute approximate surface area is 145 Å². The zero-order chi connectivity index (χ0) is 16.4. The van der Waals surface area contributed by atoms with Crippen LogP contribution in [0.5, 0.6) is 0 Å². The number of anilines is 1. The zero-order valence-corrected chi connectivity index (χ0v) is 14.0. The van der Waals surface area contributed by atoms with Crippen molar-refractivity contribution < 1.29 is 0 Å². The van der Waals surface area contributed by atoms with Gasteiger partial charge in [0.15, 0.2) is 5.82 Å². The lowest BCUT2D eigenvalue weighted by atomic mass is 10.0. The molecule has 1 aliphatic heterocycles. The van der Waals surface area contributed by atoms with Gasteiger partial charge in [0.2, 0.25) is 0 Å². The van der Waals surface area contributed by atoms with E-state index in [0.717, 1.165) is 46.4 Å². The number of nitrogens with zero attached hydrogens (tertiary/aromatic N) is 4. The van der Waals surface area contributed by atoms with Crippen LogP contribution in [0.3, 0.4) is 0 Å². The predicted molar refractivity (Wildman–Crippen MR) is 96.1 cm³/mol. The molecular weight excluding hydrogens is 322 g/mol. The molecule has 0 atom stereocenters. The Hall–Kier alpha value is -2.40. The van der Waals surface area contributed by atoms with Gasteiger partial charge < -0.3 is 4.90 Å². The van der Waals surface area contributed by atoms with Crippen molar-refractivity contribution in [3.8, 4) is 22.5 Å². The third-order valence-electron chi connectivity index (χ3n) is 4.37. The maximum atomic E-state index is 6.03. The smallest absolute Gasteiger partial charge is 0.160 e. The highest BCUT2D eigenvalue weighted by Gasteiger charge is 2.23. The summed E-state index contributed by atoms with van der Waals surface area (Å²) in [6, 6.07) is 9.71. The Balaban J connectivity index is 1.84. The van der Waals surface area contributed by atoms with Gasteiger partial charge in [-0.3, -0.25) is 5.10 Å². The number of benzene rings is 1. The molecule has 0 amide bonds. The number of piperidine rings is 1. The number of hydrogen-bond donors (Lipinski definition) is 1. The lowest BCUT2D eigenvalue weighted by Crippen LogP contribution is -2.30.